The van der Waals surface area contributed by atoms with E-state index in [9.17, 15) is 18.0 Å². The number of carbonyl (C=O) groups excluding carboxylic acids is 2. The monoisotopic (exact) mass is 544 g/mol. The molecular formula is C26H29ClN4O5S. The summed E-state index contributed by atoms with van der Waals surface area (Å²) >= 11 is 6.48. The molecule has 0 bridgehead atoms. The first-order chi connectivity index (χ1) is 17.4. The number of nitrogens with zero attached hydrogens (tertiary/aromatic N) is 3. The van der Waals surface area contributed by atoms with Crippen LogP contribution in [-0.2, 0) is 30.9 Å². The van der Waals surface area contributed by atoms with Crippen molar-refractivity contribution in [1.82, 2.24) is 14.1 Å². The quantitative estimate of drug-likeness (QED) is 0.321. The predicted molar refractivity (Wildman–Crippen MR) is 143 cm³/mol. The molecular weight excluding hydrogens is 516 g/mol. The molecule has 1 N–H and O–H groups in total. The number of esters is 1. The molecule has 3 aromatic rings. The van der Waals surface area contributed by atoms with Gasteiger partial charge in [-0.3, -0.25) is 4.79 Å². The Morgan fingerprint density at radius 3 is 2.49 bits per heavy atom. The van der Waals surface area contributed by atoms with Crippen LogP contribution in [0.3, 0.4) is 0 Å². The average Bonchev–Trinajstić information content (AvgIpc) is 3.11. The lowest BCUT2D eigenvalue weighted by Crippen LogP contribution is -2.30. The predicted octanol–water partition coefficient (Wildman–Crippen LogP) is 4.04. The van der Waals surface area contributed by atoms with E-state index in [-0.39, 0.29) is 4.90 Å². The van der Waals surface area contributed by atoms with Crippen molar-refractivity contribution in [3.05, 3.63) is 82.1 Å². The van der Waals surface area contributed by atoms with Crippen molar-refractivity contribution in [3.8, 4) is 0 Å². The minimum absolute atomic E-state index is 0.0334. The number of sulfonamides is 1. The Labute approximate surface area is 221 Å². The van der Waals surface area contributed by atoms with Gasteiger partial charge in [-0.1, -0.05) is 48.0 Å². The summed E-state index contributed by atoms with van der Waals surface area (Å²) in [4.78, 5) is 25.1. The van der Waals surface area contributed by atoms with Gasteiger partial charge in [0.25, 0.3) is 5.91 Å². The lowest BCUT2D eigenvalue weighted by atomic mass is 10.2. The molecule has 0 saturated heterocycles. The molecule has 0 fully saturated rings. The number of halogens is 1. The van der Waals surface area contributed by atoms with Gasteiger partial charge in [0.1, 0.15) is 5.15 Å². The summed E-state index contributed by atoms with van der Waals surface area (Å²) in [6.45, 7) is 5.41. The van der Waals surface area contributed by atoms with Gasteiger partial charge < -0.3 is 10.1 Å². The van der Waals surface area contributed by atoms with E-state index in [1.807, 2.05) is 30.3 Å². The van der Waals surface area contributed by atoms with E-state index in [0.717, 1.165) is 9.87 Å². The maximum Gasteiger partial charge on any atom is 0.331 e. The van der Waals surface area contributed by atoms with Gasteiger partial charge in [-0.25, -0.2) is 22.2 Å². The number of nitrogens with one attached hydrogen (secondary N) is 1. The van der Waals surface area contributed by atoms with Crippen LogP contribution < -0.4 is 5.32 Å². The third-order valence-corrected chi connectivity index (χ3v) is 7.79. The second-order valence-electron chi connectivity index (χ2n) is 8.60. The number of amides is 1. The van der Waals surface area contributed by atoms with Gasteiger partial charge in [0.2, 0.25) is 10.0 Å². The maximum atomic E-state index is 12.6. The van der Waals surface area contributed by atoms with E-state index >= 15 is 0 Å². The highest BCUT2D eigenvalue weighted by molar-refractivity contribution is 7.89. The van der Waals surface area contributed by atoms with Gasteiger partial charge in [-0.15, -0.1) is 0 Å². The molecule has 1 atom stereocenters. The van der Waals surface area contributed by atoms with Crippen LogP contribution in [0, 0.1) is 13.8 Å². The third-order valence-electron chi connectivity index (χ3n) is 5.58. The first kappa shape index (κ1) is 28.1. The van der Waals surface area contributed by atoms with E-state index < -0.39 is 28.0 Å². The third kappa shape index (κ3) is 6.85. The Morgan fingerprint density at radius 1 is 1.16 bits per heavy atom. The van der Waals surface area contributed by atoms with Gasteiger partial charge in [-0.05, 0) is 50.1 Å². The number of anilines is 1. The van der Waals surface area contributed by atoms with Crippen LogP contribution in [0.5, 0.6) is 0 Å². The second-order valence-corrected chi connectivity index (χ2v) is 11.1. The highest BCUT2D eigenvalue weighted by atomic mass is 35.5. The fourth-order valence-corrected chi connectivity index (χ4v) is 4.60. The first-order valence-corrected chi connectivity index (χ1v) is 13.2. The largest absolute Gasteiger partial charge is 0.449 e. The summed E-state index contributed by atoms with van der Waals surface area (Å²) in [7, 11) is -0.834. The van der Waals surface area contributed by atoms with Gasteiger partial charge in [0.15, 0.2) is 6.10 Å². The molecule has 0 unspecified atom stereocenters. The summed E-state index contributed by atoms with van der Waals surface area (Å²) in [5.74, 6) is -1.34. The minimum Gasteiger partial charge on any atom is -0.449 e. The van der Waals surface area contributed by atoms with E-state index in [1.54, 1.807) is 24.6 Å². The van der Waals surface area contributed by atoms with Crippen molar-refractivity contribution in [2.45, 2.75) is 38.3 Å². The normalized spacial score (nSPS) is 12.6. The summed E-state index contributed by atoms with van der Waals surface area (Å²) in [6.07, 6.45) is 1.55. The minimum atomic E-state index is -3.68. The molecule has 9 nitrogen and oxygen atoms in total. The number of rotatable bonds is 9. The van der Waals surface area contributed by atoms with E-state index in [0.29, 0.717) is 34.2 Å². The second kappa shape index (κ2) is 11.7. The molecule has 11 heteroatoms. The molecule has 0 spiro atoms. The van der Waals surface area contributed by atoms with Crippen molar-refractivity contribution in [1.29, 1.82) is 0 Å². The van der Waals surface area contributed by atoms with Gasteiger partial charge in [0.05, 0.1) is 17.1 Å². The van der Waals surface area contributed by atoms with E-state index in [1.165, 1.54) is 45.3 Å². The zero-order chi connectivity index (χ0) is 27.3. The van der Waals surface area contributed by atoms with Crippen LogP contribution >= 0.6 is 11.6 Å². The Kier molecular flexibility index (Phi) is 8.90. The zero-order valence-electron chi connectivity index (χ0n) is 21.2. The number of benzene rings is 2. The molecule has 0 aliphatic rings. The molecule has 37 heavy (non-hydrogen) atoms. The Morgan fingerprint density at radius 2 is 1.84 bits per heavy atom. The van der Waals surface area contributed by atoms with E-state index in [2.05, 4.69) is 10.4 Å². The highest BCUT2D eigenvalue weighted by Crippen LogP contribution is 2.24. The van der Waals surface area contributed by atoms with Crippen LogP contribution in [0.1, 0.15) is 29.3 Å². The molecule has 3 rings (SSSR count). The Balaban J connectivity index is 1.65. The molecule has 0 aliphatic heterocycles. The van der Waals surface area contributed by atoms with Crippen molar-refractivity contribution in [2.75, 3.05) is 19.4 Å². The average molecular weight is 545 g/mol. The van der Waals surface area contributed by atoms with Crippen LogP contribution in [0.25, 0.3) is 6.08 Å². The summed E-state index contributed by atoms with van der Waals surface area (Å²) in [5, 5.41) is 7.44. The maximum absolute atomic E-state index is 12.6. The number of carbonyl (C=O) groups is 2. The van der Waals surface area contributed by atoms with Gasteiger partial charge >= 0.3 is 5.97 Å². The van der Waals surface area contributed by atoms with Crippen LogP contribution in [-0.4, -0.2) is 54.6 Å². The summed E-state index contributed by atoms with van der Waals surface area (Å²) < 4.78 is 32.8. The molecule has 1 heterocycles. The lowest BCUT2D eigenvalue weighted by molar-refractivity contribution is -0.148. The molecule has 1 amide bonds. The highest BCUT2D eigenvalue weighted by Gasteiger charge is 2.21. The fourth-order valence-electron chi connectivity index (χ4n) is 3.38. The number of aryl methyl sites for hydroxylation is 2. The van der Waals surface area contributed by atoms with Crippen molar-refractivity contribution in [2.24, 2.45) is 0 Å². The zero-order valence-corrected chi connectivity index (χ0v) is 22.8. The van der Waals surface area contributed by atoms with Crippen LogP contribution in [0.2, 0.25) is 5.15 Å². The van der Waals surface area contributed by atoms with Crippen LogP contribution in [0.4, 0.5) is 5.69 Å². The smallest absolute Gasteiger partial charge is 0.331 e. The summed E-state index contributed by atoms with van der Waals surface area (Å²) in [6, 6.07) is 14.1. The van der Waals surface area contributed by atoms with Gasteiger partial charge in [0, 0.05) is 31.4 Å². The number of hydrogen-bond donors (Lipinski definition) is 1. The number of hydrogen-bond acceptors (Lipinski definition) is 6. The Bertz CT molecular complexity index is 1430. The molecule has 0 saturated carbocycles. The van der Waals surface area contributed by atoms with Crippen molar-refractivity contribution in [3.63, 3.8) is 0 Å². The van der Waals surface area contributed by atoms with E-state index in [4.69, 9.17) is 16.3 Å². The molecule has 0 radical (unpaired) electrons. The molecule has 0 aliphatic carbocycles. The molecule has 2 aromatic carbocycles. The van der Waals surface area contributed by atoms with Crippen molar-refractivity contribution < 1.29 is 22.7 Å². The first-order valence-electron chi connectivity index (χ1n) is 11.4. The van der Waals surface area contributed by atoms with Gasteiger partial charge in [-0.2, -0.15) is 5.10 Å². The Hall–Kier alpha value is -3.47. The number of ether oxygens (including phenoxy) is 1. The van der Waals surface area contributed by atoms with Crippen LogP contribution in [0.15, 0.2) is 59.5 Å². The fraction of sp³-hybridized carbons (Fsp3) is 0.269. The molecule has 1 aromatic heterocycles. The lowest BCUT2D eigenvalue weighted by Gasteiger charge is -2.16. The SMILES string of the molecule is Cc1ccc(S(=O)(=O)N(C)C)cc1NC(=O)[C@@H](C)OC(=O)/C=C/c1c(C)nn(Cc2ccccc2)c1Cl. The topological polar surface area (TPSA) is 111 Å². The van der Waals surface area contributed by atoms with Crippen molar-refractivity contribution >= 4 is 45.3 Å². The molecule has 196 valence electrons. The standard InChI is InChI=1S/C26H29ClN4O5S/c1-17-11-12-21(37(34,35)30(4)5)15-23(17)28-26(33)19(3)36-24(32)14-13-22-18(2)29-31(25(22)27)16-20-9-7-6-8-10-20/h6-15,19H,16H2,1-5H3,(H,28,33)/b14-13+/t19-/m1/s1. The number of aromatic nitrogens is 2. The summed E-state index contributed by atoms with van der Waals surface area (Å²) in [5.41, 5.74) is 3.20.